The number of phenolic OH excluding ortho intramolecular Hbond substituents is 1. The third-order valence-corrected chi connectivity index (χ3v) is 3.54. The molecule has 1 heterocycles. The van der Waals surface area contributed by atoms with Crippen molar-refractivity contribution in [1.29, 1.82) is 0 Å². The molecule has 1 aromatic rings. The summed E-state index contributed by atoms with van der Waals surface area (Å²) in [5, 5.41) is 14.2. The van der Waals surface area contributed by atoms with Crippen LogP contribution in [0.25, 0.3) is 0 Å². The minimum atomic E-state index is 0.266. The van der Waals surface area contributed by atoms with Crippen molar-refractivity contribution < 1.29 is 5.11 Å². The predicted molar refractivity (Wildman–Crippen MR) is 62.6 cm³/mol. The molecule has 1 aromatic carbocycles. The Morgan fingerprint density at radius 3 is 2.80 bits per heavy atom. The Hall–Kier alpha value is -0.730. The van der Waals surface area contributed by atoms with Crippen molar-refractivity contribution in [2.45, 2.75) is 32.7 Å². The second-order valence-corrected chi connectivity index (χ2v) is 4.62. The third kappa shape index (κ3) is 1.84. The number of aromatic hydroxyl groups is 1. The molecule has 2 nitrogen and oxygen atoms in total. The van der Waals surface area contributed by atoms with E-state index in [1.165, 1.54) is 0 Å². The van der Waals surface area contributed by atoms with Gasteiger partial charge in [-0.05, 0) is 50.4 Å². The van der Waals surface area contributed by atoms with Crippen LogP contribution in [0.2, 0.25) is 5.02 Å². The van der Waals surface area contributed by atoms with Crippen LogP contribution in [-0.4, -0.2) is 11.7 Å². The van der Waals surface area contributed by atoms with Gasteiger partial charge in [0.05, 0.1) is 0 Å². The van der Waals surface area contributed by atoms with Crippen LogP contribution in [0.15, 0.2) is 6.07 Å². The van der Waals surface area contributed by atoms with Gasteiger partial charge in [-0.15, -0.1) is 0 Å². The molecule has 82 valence electrons. The maximum absolute atomic E-state index is 10.1. The molecule has 1 unspecified atom stereocenters. The fourth-order valence-corrected chi connectivity index (χ4v) is 2.51. The number of hydrogen-bond donors (Lipinski definition) is 2. The van der Waals surface area contributed by atoms with E-state index in [2.05, 4.69) is 5.32 Å². The van der Waals surface area contributed by atoms with Crippen LogP contribution in [0.4, 0.5) is 0 Å². The first-order valence-electron chi connectivity index (χ1n) is 5.33. The van der Waals surface area contributed by atoms with Crippen molar-refractivity contribution in [1.82, 2.24) is 5.32 Å². The number of nitrogens with one attached hydrogen (secondary N) is 1. The van der Waals surface area contributed by atoms with E-state index >= 15 is 0 Å². The van der Waals surface area contributed by atoms with Crippen LogP contribution in [0.3, 0.4) is 0 Å². The molecule has 1 aliphatic rings. The lowest BCUT2D eigenvalue weighted by atomic mass is 9.96. The minimum absolute atomic E-state index is 0.266. The Kier molecular flexibility index (Phi) is 2.89. The van der Waals surface area contributed by atoms with E-state index in [0.29, 0.717) is 5.75 Å². The van der Waals surface area contributed by atoms with Gasteiger partial charge in [-0.2, -0.15) is 0 Å². The topological polar surface area (TPSA) is 32.3 Å². The molecule has 1 saturated heterocycles. The number of phenols is 1. The Labute approximate surface area is 95.3 Å². The van der Waals surface area contributed by atoms with Gasteiger partial charge in [0.15, 0.2) is 0 Å². The van der Waals surface area contributed by atoms with E-state index in [0.717, 1.165) is 41.1 Å². The zero-order valence-corrected chi connectivity index (χ0v) is 9.86. The highest BCUT2D eigenvalue weighted by Gasteiger charge is 2.23. The number of halogens is 1. The monoisotopic (exact) mass is 225 g/mol. The van der Waals surface area contributed by atoms with E-state index in [1.54, 1.807) is 0 Å². The second-order valence-electron chi connectivity index (χ2n) is 4.21. The quantitative estimate of drug-likeness (QED) is 0.770. The molecule has 0 radical (unpaired) electrons. The molecule has 1 atom stereocenters. The summed E-state index contributed by atoms with van der Waals surface area (Å²) in [7, 11) is 0. The number of aryl methyl sites for hydroxylation is 1. The number of rotatable bonds is 1. The largest absolute Gasteiger partial charge is 0.507 e. The molecule has 3 heteroatoms. The molecular weight excluding hydrogens is 210 g/mol. The molecule has 1 fully saturated rings. The van der Waals surface area contributed by atoms with Crippen LogP contribution >= 0.6 is 11.6 Å². The van der Waals surface area contributed by atoms with Gasteiger partial charge in [-0.3, -0.25) is 0 Å². The van der Waals surface area contributed by atoms with Crippen molar-refractivity contribution in [3.8, 4) is 5.75 Å². The fourth-order valence-electron chi connectivity index (χ4n) is 2.24. The summed E-state index contributed by atoms with van der Waals surface area (Å²) in [6, 6.07) is 2.09. The molecule has 0 aliphatic carbocycles. The highest BCUT2D eigenvalue weighted by molar-refractivity contribution is 6.31. The van der Waals surface area contributed by atoms with E-state index in [-0.39, 0.29) is 6.04 Å². The van der Waals surface area contributed by atoms with Gasteiger partial charge in [0, 0.05) is 16.6 Å². The van der Waals surface area contributed by atoms with Crippen molar-refractivity contribution in [2.24, 2.45) is 0 Å². The van der Waals surface area contributed by atoms with E-state index < -0.39 is 0 Å². The summed E-state index contributed by atoms with van der Waals surface area (Å²) < 4.78 is 0. The highest BCUT2D eigenvalue weighted by atomic mass is 35.5. The first-order valence-corrected chi connectivity index (χ1v) is 5.71. The van der Waals surface area contributed by atoms with E-state index in [4.69, 9.17) is 11.6 Å². The van der Waals surface area contributed by atoms with Crippen LogP contribution in [-0.2, 0) is 0 Å². The predicted octanol–water partition coefficient (Wildman–Crippen LogP) is 3.09. The summed E-state index contributed by atoms with van der Waals surface area (Å²) in [6.45, 7) is 4.88. The normalized spacial score (nSPS) is 20.9. The lowest BCUT2D eigenvalue weighted by molar-refractivity contribution is 0.452. The lowest BCUT2D eigenvalue weighted by Crippen LogP contribution is -2.14. The third-order valence-electron chi connectivity index (χ3n) is 3.14. The molecule has 2 N–H and O–H groups in total. The van der Waals surface area contributed by atoms with Gasteiger partial charge in [0.1, 0.15) is 5.75 Å². The molecule has 15 heavy (non-hydrogen) atoms. The van der Waals surface area contributed by atoms with Crippen LogP contribution in [0, 0.1) is 13.8 Å². The molecule has 0 saturated carbocycles. The van der Waals surface area contributed by atoms with E-state index in [1.807, 2.05) is 19.9 Å². The zero-order valence-electron chi connectivity index (χ0n) is 9.10. The first kappa shape index (κ1) is 10.8. The smallest absolute Gasteiger partial charge is 0.123 e. The Morgan fingerprint density at radius 2 is 2.20 bits per heavy atom. The SMILES string of the molecule is Cc1cc(Cl)c(C)c(C2CCCN2)c1O. The fraction of sp³-hybridized carbons (Fsp3) is 0.500. The number of benzene rings is 1. The summed E-state index contributed by atoms with van der Waals surface area (Å²) >= 11 is 6.13. The zero-order chi connectivity index (χ0) is 11.0. The van der Waals surface area contributed by atoms with Crippen molar-refractivity contribution >= 4 is 11.6 Å². The Balaban J connectivity index is 2.52. The molecular formula is C12H16ClNO. The lowest BCUT2D eigenvalue weighted by Gasteiger charge is -2.18. The standard InChI is InChI=1S/C12H16ClNO/c1-7-6-9(13)8(2)11(12(7)15)10-4-3-5-14-10/h6,10,14-15H,3-5H2,1-2H3. The molecule has 0 aromatic heterocycles. The summed E-state index contributed by atoms with van der Waals surface area (Å²) in [4.78, 5) is 0. The maximum Gasteiger partial charge on any atom is 0.123 e. The van der Waals surface area contributed by atoms with Crippen molar-refractivity contribution in [3.05, 3.63) is 27.8 Å². The maximum atomic E-state index is 10.1. The average Bonchev–Trinajstić information content (AvgIpc) is 2.69. The molecule has 0 spiro atoms. The van der Waals surface area contributed by atoms with Gasteiger partial charge in [-0.1, -0.05) is 11.6 Å². The Bertz CT molecular complexity index is 357. The summed E-state index contributed by atoms with van der Waals surface area (Å²) in [5.74, 6) is 0.399. The summed E-state index contributed by atoms with van der Waals surface area (Å²) in [5.41, 5.74) is 2.84. The van der Waals surface area contributed by atoms with Gasteiger partial charge < -0.3 is 10.4 Å². The number of hydrogen-bond acceptors (Lipinski definition) is 2. The average molecular weight is 226 g/mol. The van der Waals surface area contributed by atoms with Crippen LogP contribution < -0.4 is 5.32 Å². The summed E-state index contributed by atoms with van der Waals surface area (Å²) in [6.07, 6.45) is 2.24. The van der Waals surface area contributed by atoms with Gasteiger partial charge in [0.25, 0.3) is 0 Å². The first-order chi connectivity index (χ1) is 7.11. The van der Waals surface area contributed by atoms with Gasteiger partial charge in [-0.25, -0.2) is 0 Å². The minimum Gasteiger partial charge on any atom is -0.507 e. The molecule has 0 amide bonds. The Morgan fingerprint density at radius 1 is 1.47 bits per heavy atom. The molecule has 1 aliphatic heterocycles. The molecule has 2 rings (SSSR count). The van der Waals surface area contributed by atoms with Gasteiger partial charge >= 0.3 is 0 Å². The van der Waals surface area contributed by atoms with Gasteiger partial charge in [0.2, 0.25) is 0 Å². The highest BCUT2D eigenvalue weighted by Crippen LogP contribution is 2.38. The van der Waals surface area contributed by atoms with Crippen molar-refractivity contribution in [3.63, 3.8) is 0 Å². The van der Waals surface area contributed by atoms with Crippen LogP contribution in [0.5, 0.6) is 5.75 Å². The molecule has 0 bridgehead atoms. The van der Waals surface area contributed by atoms with E-state index in [9.17, 15) is 5.11 Å². The van der Waals surface area contributed by atoms with Crippen molar-refractivity contribution in [2.75, 3.05) is 6.54 Å². The van der Waals surface area contributed by atoms with Crippen LogP contribution in [0.1, 0.15) is 35.6 Å². The second kappa shape index (κ2) is 4.03.